The lowest BCUT2D eigenvalue weighted by Gasteiger charge is -2.33. The normalized spacial score (nSPS) is 23.2. The van der Waals surface area contributed by atoms with Gasteiger partial charge in [-0.15, -0.1) is 8.78 Å². The van der Waals surface area contributed by atoms with Crippen LogP contribution in [-0.4, -0.2) is 65.9 Å². The number of hydrogen-bond acceptors (Lipinski definition) is 6. The SMILES string of the molecule is CN1CCC[C@@H]1C1=CN(c2ccc(OC(F)(F)Cl)c(-c3cnccn3)c2N2CCC(F)C2)CC=C1. The van der Waals surface area contributed by atoms with Gasteiger partial charge >= 0.3 is 5.57 Å². The number of anilines is 2. The van der Waals surface area contributed by atoms with Crippen LogP contribution in [-0.2, 0) is 0 Å². The van der Waals surface area contributed by atoms with E-state index in [0.29, 0.717) is 42.5 Å². The zero-order valence-corrected chi connectivity index (χ0v) is 20.1. The van der Waals surface area contributed by atoms with Crippen molar-refractivity contribution in [1.82, 2.24) is 14.9 Å². The van der Waals surface area contributed by atoms with Crippen LogP contribution in [0.3, 0.4) is 0 Å². The predicted octanol–water partition coefficient (Wildman–Crippen LogP) is 5.21. The molecule has 35 heavy (non-hydrogen) atoms. The van der Waals surface area contributed by atoms with Gasteiger partial charge in [-0.05, 0) is 50.6 Å². The molecule has 2 aromatic rings. The molecule has 1 unspecified atom stereocenters. The minimum absolute atomic E-state index is 0.140. The second kappa shape index (κ2) is 9.70. The topological polar surface area (TPSA) is 44.7 Å². The van der Waals surface area contributed by atoms with Gasteiger partial charge in [0.1, 0.15) is 11.9 Å². The summed E-state index contributed by atoms with van der Waals surface area (Å²) in [6.07, 6.45) is 12.3. The number of alkyl halides is 4. The van der Waals surface area contributed by atoms with Gasteiger partial charge in [0.2, 0.25) is 0 Å². The van der Waals surface area contributed by atoms with E-state index in [2.05, 4.69) is 45.2 Å². The number of likely N-dealkylation sites (tertiary alicyclic amines) is 1. The van der Waals surface area contributed by atoms with Crippen molar-refractivity contribution < 1.29 is 17.9 Å². The standard InChI is InChI=1S/C25H27ClF3N5O/c1-32-11-3-5-20(32)17-4-2-12-33(15-17)21-6-7-22(35-25(26,28)29)23(19-14-30-9-10-31-19)24(21)34-13-8-18(27)16-34/h2,4,6-7,9-10,14-15,18,20H,3,5,8,11-13,16H2,1H3/t18?,20-/m1/s1. The van der Waals surface area contributed by atoms with Crippen LogP contribution in [0.2, 0.25) is 0 Å². The van der Waals surface area contributed by atoms with E-state index in [0.717, 1.165) is 25.1 Å². The lowest BCUT2D eigenvalue weighted by atomic mass is 10.0. The Morgan fingerprint density at radius 3 is 2.69 bits per heavy atom. The molecule has 2 atom stereocenters. The maximum atomic E-state index is 14.4. The number of nitrogens with zero attached hydrogens (tertiary/aromatic N) is 5. The summed E-state index contributed by atoms with van der Waals surface area (Å²) in [6.45, 7) is 2.22. The number of aromatic nitrogens is 2. The molecule has 0 bridgehead atoms. The molecule has 0 spiro atoms. The molecule has 186 valence electrons. The van der Waals surface area contributed by atoms with Gasteiger partial charge in [0, 0.05) is 55.9 Å². The Bertz CT molecular complexity index is 1120. The zero-order valence-electron chi connectivity index (χ0n) is 19.4. The van der Waals surface area contributed by atoms with Gasteiger partial charge in [-0.3, -0.25) is 14.9 Å². The lowest BCUT2D eigenvalue weighted by Crippen LogP contribution is -2.31. The van der Waals surface area contributed by atoms with Gasteiger partial charge in [-0.25, -0.2) is 4.39 Å². The Morgan fingerprint density at radius 1 is 1.17 bits per heavy atom. The van der Waals surface area contributed by atoms with Gasteiger partial charge < -0.3 is 14.5 Å². The van der Waals surface area contributed by atoms with E-state index in [4.69, 9.17) is 16.3 Å². The second-order valence-corrected chi connectivity index (χ2v) is 9.54. The molecule has 0 aliphatic carbocycles. The lowest BCUT2D eigenvalue weighted by molar-refractivity contribution is -0.0961. The van der Waals surface area contributed by atoms with Gasteiger partial charge in [-0.2, -0.15) is 0 Å². The van der Waals surface area contributed by atoms with Crippen LogP contribution in [0.5, 0.6) is 5.75 Å². The quantitative estimate of drug-likeness (QED) is 0.502. The first-order valence-corrected chi connectivity index (χ1v) is 12.1. The van der Waals surface area contributed by atoms with Crippen LogP contribution in [0.4, 0.5) is 24.5 Å². The Kier molecular flexibility index (Phi) is 6.63. The summed E-state index contributed by atoms with van der Waals surface area (Å²) in [5, 5.41) is 0. The monoisotopic (exact) mass is 505 g/mol. The molecule has 0 N–H and O–H groups in total. The molecule has 3 aliphatic rings. The third kappa shape index (κ3) is 5.11. The van der Waals surface area contributed by atoms with Crippen LogP contribution in [0.15, 0.2) is 54.6 Å². The van der Waals surface area contributed by atoms with Crippen LogP contribution in [0, 0.1) is 0 Å². The number of hydrogen-bond donors (Lipinski definition) is 0. The molecule has 0 saturated carbocycles. The van der Waals surface area contributed by atoms with Crippen molar-refractivity contribution in [3.8, 4) is 17.0 Å². The first-order chi connectivity index (χ1) is 16.8. The van der Waals surface area contributed by atoms with Gasteiger partial charge in [-0.1, -0.05) is 12.2 Å². The zero-order chi connectivity index (χ0) is 24.6. The fraction of sp³-hybridized carbons (Fsp3) is 0.440. The molecule has 1 aromatic heterocycles. The number of benzene rings is 1. The maximum absolute atomic E-state index is 14.4. The summed E-state index contributed by atoms with van der Waals surface area (Å²) in [7, 11) is 2.12. The van der Waals surface area contributed by atoms with Crippen molar-refractivity contribution in [2.75, 3.05) is 43.0 Å². The molecule has 3 aliphatic heterocycles. The molecular weight excluding hydrogens is 479 g/mol. The molecule has 5 rings (SSSR count). The van der Waals surface area contributed by atoms with Crippen molar-refractivity contribution in [3.63, 3.8) is 0 Å². The second-order valence-electron chi connectivity index (χ2n) is 9.10. The highest BCUT2D eigenvalue weighted by molar-refractivity contribution is 6.20. The van der Waals surface area contributed by atoms with E-state index in [1.165, 1.54) is 30.2 Å². The summed E-state index contributed by atoms with van der Waals surface area (Å²) in [6, 6.07) is 3.51. The van der Waals surface area contributed by atoms with Crippen LogP contribution in [0.1, 0.15) is 19.3 Å². The highest BCUT2D eigenvalue weighted by atomic mass is 35.5. The maximum Gasteiger partial charge on any atom is 0.487 e. The summed E-state index contributed by atoms with van der Waals surface area (Å²) in [5.74, 6) is -0.140. The Balaban J connectivity index is 1.66. The van der Waals surface area contributed by atoms with E-state index in [-0.39, 0.29) is 12.3 Å². The molecule has 2 saturated heterocycles. The molecule has 6 nitrogen and oxygen atoms in total. The number of rotatable bonds is 6. The number of likely N-dealkylation sites (N-methyl/N-ethyl adjacent to an activating group) is 1. The van der Waals surface area contributed by atoms with E-state index in [1.54, 1.807) is 6.07 Å². The smallest absolute Gasteiger partial charge is 0.419 e. The average Bonchev–Trinajstić information content (AvgIpc) is 3.46. The van der Waals surface area contributed by atoms with Crippen molar-refractivity contribution in [2.45, 2.75) is 37.0 Å². The first-order valence-electron chi connectivity index (χ1n) is 11.7. The Hall–Kier alpha value is -2.78. The molecule has 0 amide bonds. The van der Waals surface area contributed by atoms with Crippen molar-refractivity contribution in [1.29, 1.82) is 0 Å². The Labute approximate surface area is 207 Å². The summed E-state index contributed by atoms with van der Waals surface area (Å²) in [5.41, 5.74) is -0.748. The summed E-state index contributed by atoms with van der Waals surface area (Å²) < 4.78 is 46.8. The highest BCUT2D eigenvalue weighted by Gasteiger charge is 2.35. The van der Waals surface area contributed by atoms with E-state index >= 15 is 0 Å². The predicted molar refractivity (Wildman–Crippen MR) is 131 cm³/mol. The largest absolute Gasteiger partial charge is 0.487 e. The molecule has 4 heterocycles. The molecular formula is C25H27ClF3N5O. The van der Waals surface area contributed by atoms with Crippen LogP contribution < -0.4 is 14.5 Å². The van der Waals surface area contributed by atoms with E-state index in [9.17, 15) is 13.2 Å². The minimum atomic E-state index is -3.92. The Morgan fingerprint density at radius 2 is 2.03 bits per heavy atom. The molecule has 10 heteroatoms. The first kappa shape index (κ1) is 23.9. The van der Waals surface area contributed by atoms with Crippen LogP contribution >= 0.6 is 11.6 Å². The molecule has 1 aromatic carbocycles. The third-order valence-electron chi connectivity index (χ3n) is 6.74. The van der Waals surface area contributed by atoms with Crippen LogP contribution in [0.25, 0.3) is 11.3 Å². The van der Waals surface area contributed by atoms with Crippen molar-refractivity contribution >= 4 is 23.0 Å². The summed E-state index contributed by atoms with van der Waals surface area (Å²) in [4.78, 5) is 14.8. The number of ether oxygens (including phenoxy) is 1. The van der Waals surface area contributed by atoms with E-state index in [1.807, 2.05) is 4.90 Å². The van der Waals surface area contributed by atoms with Crippen molar-refractivity contribution in [3.05, 3.63) is 54.6 Å². The van der Waals surface area contributed by atoms with E-state index < -0.39 is 11.7 Å². The third-order valence-corrected chi connectivity index (χ3v) is 6.82. The van der Waals surface area contributed by atoms with Crippen molar-refractivity contribution in [2.24, 2.45) is 0 Å². The van der Waals surface area contributed by atoms with Gasteiger partial charge in [0.25, 0.3) is 0 Å². The fourth-order valence-electron chi connectivity index (χ4n) is 5.19. The average molecular weight is 506 g/mol. The van der Waals surface area contributed by atoms with Gasteiger partial charge in [0.05, 0.1) is 28.8 Å². The minimum Gasteiger partial charge on any atom is -0.419 e. The molecule has 0 radical (unpaired) electrons. The highest BCUT2D eigenvalue weighted by Crippen LogP contribution is 2.47. The fourth-order valence-corrected chi connectivity index (χ4v) is 5.28. The number of halogens is 4. The molecule has 2 fully saturated rings. The van der Waals surface area contributed by atoms with Gasteiger partial charge in [0.15, 0.2) is 0 Å². The summed E-state index contributed by atoms with van der Waals surface area (Å²) >= 11 is 5.16.